The molecule has 0 heterocycles. The second-order valence-corrected chi connectivity index (χ2v) is 25.5. The number of esters is 4. The average Bonchev–Trinajstić information content (AvgIpc) is 3.39. The molecule has 0 spiro atoms. The zero-order valence-corrected chi connectivity index (χ0v) is 51.9. The summed E-state index contributed by atoms with van der Waals surface area (Å²) in [4.78, 5) is 71.8. The molecule has 0 radical (unpaired) electrons. The lowest BCUT2D eigenvalue weighted by Gasteiger charge is -2.21. The Hall–Kier alpha value is -1.94. The molecule has 0 rings (SSSR count). The molecule has 0 saturated heterocycles. The topological polar surface area (TPSA) is 237 Å². The Labute approximate surface area is 473 Å². The van der Waals surface area contributed by atoms with E-state index in [9.17, 15) is 43.2 Å². The van der Waals surface area contributed by atoms with Crippen LogP contribution in [0.5, 0.6) is 0 Å². The van der Waals surface area contributed by atoms with E-state index in [-0.39, 0.29) is 25.7 Å². The van der Waals surface area contributed by atoms with Crippen molar-refractivity contribution < 1.29 is 80.2 Å². The highest BCUT2D eigenvalue weighted by atomic mass is 31.2. The SMILES string of the molecule is CCCCCCCCCCC(=O)OC[C@H](COP(=O)(O)OC[C@H](O)COP(=O)(O)OC[C@@H](COC(=O)CCCCCCCCCC(C)C)OC(=O)CCCCCCCCCC(C)C)OC(=O)CCCCCCCCC(C)CC. The normalized spacial score (nSPS) is 14.9. The van der Waals surface area contributed by atoms with Crippen molar-refractivity contribution in [2.24, 2.45) is 17.8 Å². The molecular formula is C59H114O17P2. The van der Waals surface area contributed by atoms with Crippen molar-refractivity contribution in [2.45, 2.75) is 298 Å². The number of ether oxygens (including phenoxy) is 4. The molecule has 17 nitrogen and oxygen atoms in total. The molecule has 0 amide bonds. The van der Waals surface area contributed by atoms with E-state index in [2.05, 4.69) is 48.5 Å². The second kappa shape index (κ2) is 50.8. The molecule has 0 fully saturated rings. The number of aliphatic hydroxyl groups excluding tert-OH is 1. The Kier molecular flexibility index (Phi) is 49.5. The van der Waals surface area contributed by atoms with Gasteiger partial charge in [0.15, 0.2) is 12.2 Å². The van der Waals surface area contributed by atoms with Crippen LogP contribution in [0.3, 0.4) is 0 Å². The molecule has 3 N–H and O–H groups in total. The van der Waals surface area contributed by atoms with Crippen LogP contribution in [0.25, 0.3) is 0 Å². The molecule has 6 atom stereocenters. The van der Waals surface area contributed by atoms with Gasteiger partial charge in [-0.1, -0.05) is 228 Å². The summed E-state index contributed by atoms with van der Waals surface area (Å²) in [5, 5.41) is 10.5. The average molecular weight is 1160 g/mol. The molecule has 3 unspecified atom stereocenters. The van der Waals surface area contributed by atoms with Crippen molar-refractivity contribution in [3.63, 3.8) is 0 Å². The van der Waals surface area contributed by atoms with Crippen molar-refractivity contribution in [3.8, 4) is 0 Å². The van der Waals surface area contributed by atoms with Crippen molar-refractivity contribution in [3.05, 3.63) is 0 Å². The van der Waals surface area contributed by atoms with E-state index < -0.39 is 97.5 Å². The summed E-state index contributed by atoms with van der Waals surface area (Å²) >= 11 is 0. The molecule has 0 aromatic rings. The minimum atomic E-state index is -4.94. The van der Waals surface area contributed by atoms with Gasteiger partial charge in [0, 0.05) is 25.7 Å². The molecule has 0 saturated carbocycles. The van der Waals surface area contributed by atoms with Gasteiger partial charge in [-0.15, -0.1) is 0 Å². The Morgan fingerprint density at radius 1 is 0.372 bits per heavy atom. The van der Waals surface area contributed by atoms with Crippen LogP contribution >= 0.6 is 15.6 Å². The first kappa shape index (κ1) is 76.1. The van der Waals surface area contributed by atoms with E-state index in [1.165, 1.54) is 77.0 Å². The Bertz CT molecular complexity index is 1560. The Morgan fingerprint density at radius 3 is 0.974 bits per heavy atom. The first-order valence-electron chi connectivity index (χ1n) is 30.9. The van der Waals surface area contributed by atoms with Crippen molar-refractivity contribution in [1.29, 1.82) is 0 Å². The van der Waals surface area contributed by atoms with Crippen LogP contribution in [0.15, 0.2) is 0 Å². The number of unbranched alkanes of at least 4 members (excludes halogenated alkanes) is 24. The number of aliphatic hydroxyl groups is 1. The molecule has 0 aliphatic heterocycles. The highest BCUT2D eigenvalue weighted by Gasteiger charge is 2.30. The van der Waals surface area contributed by atoms with Gasteiger partial charge in [-0.2, -0.15) is 0 Å². The van der Waals surface area contributed by atoms with E-state index >= 15 is 0 Å². The monoisotopic (exact) mass is 1160 g/mol. The number of hydrogen-bond acceptors (Lipinski definition) is 15. The first-order chi connectivity index (χ1) is 37.3. The molecule has 0 aromatic carbocycles. The van der Waals surface area contributed by atoms with Crippen LogP contribution < -0.4 is 0 Å². The van der Waals surface area contributed by atoms with E-state index in [1.54, 1.807) is 0 Å². The standard InChI is InChI=1S/C59H114O17P2/c1-8-10-11-12-13-18-26-33-40-56(61)69-47-55(76-59(64)43-36-29-22-21-25-32-39-52(7)9-2)49-74-78(67,68)72-45-53(60)44-71-77(65,66)73-48-54(75-58(63)42-35-28-20-15-17-24-31-38-51(5)6)46-70-57(62)41-34-27-19-14-16-23-30-37-50(3)4/h50-55,60H,8-49H2,1-7H3,(H,65,66)(H,67,68)/t52?,53-,54-,55-/m1/s1. The summed E-state index contributed by atoms with van der Waals surface area (Å²) in [6.45, 7) is 11.6. The van der Waals surface area contributed by atoms with Gasteiger partial charge in [0.25, 0.3) is 0 Å². The zero-order valence-electron chi connectivity index (χ0n) is 50.1. The molecule has 0 aliphatic rings. The summed E-state index contributed by atoms with van der Waals surface area (Å²) in [5.41, 5.74) is 0. The van der Waals surface area contributed by atoms with Gasteiger partial charge in [0.2, 0.25) is 0 Å². The van der Waals surface area contributed by atoms with Crippen molar-refractivity contribution >= 4 is 39.5 Å². The first-order valence-corrected chi connectivity index (χ1v) is 33.9. The van der Waals surface area contributed by atoms with E-state index in [1.807, 2.05) is 0 Å². The summed E-state index contributed by atoms with van der Waals surface area (Å²) in [7, 11) is -9.87. The minimum Gasteiger partial charge on any atom is -0.462 e. The number of phosphoric acid groups is 2. The minimum absolute atomic E-state index is 0.102. The van der Waals surface area contributed by atoms with Crippen LogP contribution in [-0.4, -0.2) is 96.7 Å². The largest absolute Gasteiger partial charge is 0.472 e. The summed E-state index contributed by atoms with van der Waals surface area (Å²) in [5.74, 6) is -0.0293. The fourth-order valence-electron chi connectivity index (χ4n) is 8.56. The molecule has 462 valence electrons. The van der Waals surface area contributed by atoms with Gasteiger partial charge in [-0.05, 0) is 43.4 Å². The van der Waals surface area contributed by atoms with Crippen molar-refractivity contribution in [2.75, 3.05) is 39.6 Å². The Balaban J connectivity index is 5.24. The number of rotatable bonds is 57. The van der Waals surface area contributed by atoms with Gasteiger partial charge < -0.3 is 33.8 Å². The van der Waals surface area contributed by atoms with Gasteiger partial charge >= 0.3 is 39.5 Å². The Morgan fingerprint density at radius 2 is 0.654 bits per heavy atom. The maximum atomic E-state index is 12.9. The number of hydrogen-bond donors (Lipinski definition) is 3. The van der Waals surface area contributed by atoms with Gasteiger partial charge in [0.05, 0.1) is 26.4 Å². The molecule has 78 heavy (non-hydrogen) atoms. The lowest BCUT2D eigenvalue weighted by molar-refractivity contribution is -0.161. The smallest absolute Gasteiger partial charge is 0.462 e. The van der Waals surface area contributed by atoms with E-state index in [0.29, 0.717) is 37.5 Å². The second-order valence-electron chi connectivity index (χ2n) is 22.6. The predicted molar refractivity (Wildman–Crippen MR) is 308 cm³/mol. The van der Waals surface area contributed by atoms with Gasteiger partial charge in [0.1, 0.15) is 19.3 Å². The van der Waals surface area contributed by atoms with Gasteiger partial charge in [-0.25, -0.2) is 9.13 Å². The third kappa shape index (κ3) is 52.2. The third-order valence-electron chi connectivity index (χ3n) is 13.7. The molecule has 0 bridgehead atoms. The lowest BCUT2D eigenvalue weighted by Crippen LogP contribution is -2.30. The fraction of sp³-hybridized carbons (Fsp3) is 0.932. The maximum Gasteiger partial charge on any atom is 0.472 e. The van der Waals surface area contributed by atoms with Crippen LogP contribution in [0.2, 0.25) is 0 Å². The quantitative estimate of drug-likeness (QED) is 0.0222. The fourth-order valence-corrected chi connectivity index (χ4v) is 10.1. The highest BCUT2D eigenvalue weighted by Crippen LogP contribution is 2.45. The number of phosphoric ester groups is 2. The number of carbonyl (C=O) groups is 4. The summed E-state index contributed by atoms with van der Waals surface area (Å²) < 4.78 is 67.7. The maximum absolute atomic E-state index is 12.9. The number of carbonyl (C=O) groups excluding carboxylic acids is 4. The van der Waals surface area contributed by atoms with E-state index in [0.717, 1.165) is 109 Å². The summed E-state index contributed by atoms with van der Waals surface area (Å²) in [6.07, 6.45) is 29.6. The van der Waals surface area contributed by atoms with E-state index in [4.69, 9.17) is 37.0 Å². The molecule has 19 heteroatoms. The van der Waals surface area contributed by atoms with Crippen LogP contribution in [0.4, 0.5) is 0 Å². The van der Waals surface area contributed by atoms with Crippen LogP contribution in [-0.2, 0) is 65.4 Å². The highest BCUT2D eigenvalue weighted by molar-refractivity contribution is 7.47. The third-order valence-corrected chi connectivity index (χ3v) is 15.6. The molecular weight excluding hydrogens is 1040 g/mol. The van der Waals surface area contributed by atoms with Crippen LogP contribution in [0, 0.1) is 17.8 Å². The summed E-state index contributed by atoms with van der Waals surface area (Å²) in [6, 6.07) is 0. The zero-order chi connectivity index (χ0) is 58.1. The van der Waals surface area contributed by atoms with Gasteiger partial charge in [-0.3, -0.25) is 37.3 Å². The van der Waals surface area contributed by atoms with Crippen molar-refractivity contribution in [1.82, 2.24) is 0 Å². The molecule has 0 aliphatic carbocycles. The van der Waals surface area contributed by atoms with Crippen LogP contribution in [0.1, 0.15) is 280 Å². The lowest BCUT2D eigenvalue weighted by atomic mass is 10.00. The molecule has 0 aromatic heterocycles. The predicted octanol–water partition coefficient (Wildman–Crippen LogP) is 15.6.